The molecule has 1 fully saturated rings. The van der Waals surface area contributed by atoms with Gasteiger partial charge in [-0.05, 0) is 19.1 Å². The molecule has 0 radical (unpaired) electrons. The summed E-state index contributed by atoms with van der Waals surface area (Å²) in [5.41, 5.74) is 0.583. The van der Waals surface area contributed by atoms with Crippen LogP contribution in [0.4, 0.5) is 26.2 Å². The van der Waals surface area contributed by atoms with Crippen molar-refractivity contribution in [3.05, 3.63) is 36.0 Å². The van der Waals surface area contributed by atoms with Crippen molar-refractivity contribution in [3.8, 4) is 5.75 Å². The molecule has 0 spiro atoms. The molecule has 7 nitrogen and oxygen atoms in total. The summed E-state index contributed by atoms with van der Waals surface area (Å²) < 4.78 is 31.8. The molecule has 2 heterocycles. The summed E-state index contributed by atoms with van der Waals surface area (Å²) in [6, 6.07) is 3.33. The zero-order chi connectivity index (χ0) is 19.1. The van der Waals surface area contributed by atoms with Gasteiger partial charge >= 0.3 is 0 Å². The molecule has 27 heavy (non-hydrogen) atoms. The molecule has 2 aromatic rings. The van der Waals surface area contributed by atoms with E-state index >= 15 is 0 Å². The summed E-state index contributed by atoms with van der Waals surface area (Å²) in [5.74, 6) is -0.460. The molecule has 9 heteroatoms. The van der Waals surface area contributed by atoms with Crippen molar-refractivity contribution in [1.29, 1.82) is 0 Å². The van der Waals surface area contributed by atoms with Gasteiger partial charge in [0.25, 0.3) is 0 Å². The minimum Gasteiger partial charge on any atom is -0.490 e. The fourth-order valence-electron chi connectivity index (χ4n) is 3.10. The van der Waals surface area contributed by atoms with Crippen LogP contribution >= 0.6 is 0 Å². The molecule has 2 N–H and O–H groups in total. The highest BCUT2D eigenvalue weighted by atomic mass is 19.2. The van der Waals surface area contributed by atoms with Gasteiger partial charge in [0.1, 0.15) is 23.6 Å². The molecule has 4 rings (SSSR count). The number of hydrogen-bond donors (Lipinski definition) is 2. The number of benzene rings is 1. The third-order valence-corrected chi connectivity index (χ3v) is 4.94. The first kappa shape index (κ1) is 17.4. The number of fused-ring (bicyclic) bond motifs is 1. The second-order valence-corrected chi connectivity index (χ2v) is 6.84. The van der Waals surface area contributed by atoms with Crippen molar-refractivity contribution in [2.24, 2.45) is 0 Å². The minimum absolute atomic E-state index is 0.0769. The van der Waals surface area contributed by atoms with E-state index in [4.69, 9.17) is 4.74 Å². The zero-order valence-corrected chi connectivity index (χ0v) is 14.9. The Kier molecular flexibility index (Phi) is 4.29. The molecule has 1 saturated carbocycles. The van der Waals surface area contributed by atoms with Gasteiger partial charge in [0.05, 0.1) is 6.20 Å². The molecule has 1 amide bonds. The van der Waals surface area contributed by atoms with Crippen molar-refractivity contribution >= 4 is 23.4 Å². The van der Waals surface area contributed by atoms with Crippen molar-refractivity contribution < 1.29 is 18.3 Å². The number of nitrogens with one attached hydrogen (secondary N) is 2. The summed E-state index contributed by atoms with van der Waals surface area (Å²) in [7, 11) is 1.81. The van der Waals surface area contributed by atoms with E-state index in [-0.39, 0.29) is 24.1 Å². The van der Waals surface area contributed by atoms with Gasteiger partial charge in [-0.15, -0.1) is 0 Å². The average Bonchev–Trinajstić information content (AvgIpc) is 2.61. The summed E-state index contributed by atoms with van der Waals surface area (Å²) >= 11 is 0. The van der Waals surface area contributed by atoms with Crippen LogP contribution in [0.25, 0.3) is 0 Å². The molecule has 1 aliphatic carbocycles. The first-order chi connectivity index (χ1) is 12.9. The van der Waals surface area contributed by atoms with Gasteiger partial charge in [-0.25, -0.2) is 13.8 Å². The van der Waals surface area contributed by atoms with Crippen LogP contribution in [0.2, 0.25) is 0 Å². The Morgan fingerprint density at radius 2 is 2.07 bits per heavy atom. The maximum Gasteiger partial charge on any atom is 0.246 e. The first-order valence-electron chi connectivity index (χ1n) is 8.69. The van der Waals surface area contributed by atoms with Gasteiger partial charge in [0, 0.05) is 32.0 Å². The quantitative estimate of drug-likeness (QED) is 0.855. The van der Waals surface area contributed by atoms with Crippen LogP contribution in [-0.2, 0) is 4.79 Å². The molecule has 0 unspecified atom stereocenters. The van der Waals surface area contributed by atoms with Gasteiger partial charge in [0.15, 0.2) is 17.5 Å². The summed E-state index contributed by atoms with van der Waals surface area (Å²) in [6.07, 6.45) is 2.90. The smallest absolute Gasteiger partial charge is 0.246 e. The fraction of sp³-hybridized carbons (Fsp3) is 0.389. The number of hydrogen-bond acceptors (Lipinski definition) is 6. The average molecular weight is 375 g/mol. The van der Waals surface area contributed by atoms with E-state index in [0.717, 1.165) is 12.1 Å². The Labute approximate surface area is 154 Å². The fourth-order valence-corrected chi connectivity index (χ4v) is 3.10. The minimum atomic E-state index is -0.922. The van der Waals surface area contributed by atoms with Crippen LogP contribution in [0.15, 0.2) is 24.4 Å². The van der Waals surface area contributed by atoms with Crippen molar-refractivity contribution in [3.63, 3.8) is 0 Å². The predicted octanol–water partition coefficient (Wildman–Crippen LogP) is 2.55. The number of carbonyl (C=O) groups excluding carboxylic acids is 1. The van der Waals surface area contributed by atoms with E-state index in [1.807, 2.05) is 7.05 Å². The summed E-state index contributed by atoms with van der Waals surface area (Å²) in [6.45, 7) is 1.81. The van der Waals surface area contributed by atoms with Gasteiger partial charge in [0.2, 0.25) is 11.9 Å². The van der Waals surface area contributed by atoms with Crippen LogP contribution in [0.5, 0.6) is 5.75 Å². The summed E-state index contributed by atoms with van der Waals surface area (Å²) in [5, 5.41) is 6.02. The Morgan fingerprint density at radius 3 is 2.81 bits per heavy atom. The lowest BCUT2D eigenvalue weighted by molar-refractivity contribution is -0.117. The molecular weight excluding hydrogens is 356 g/mol. The standard InChI is InChI=1S/C18H19F2N5O2/c1-9-17(26)23-15-8-21-18(24-16(15)25(9)2)22-10-5-12(6-10)27-11-3-4-13(19)14(20)7-11/h3-4,7-10,12H,5-6H2,1-2H3,(H,23,26)(H,21,22,24)/t9-,10-,12-/m0/s1. The Balaban J connectivity index is 1.35. The lowest BCUT2D eigenvalue weighted by Gasteiger charge is -2.36. The molecule has 2 aliphatic rings. The lowest BCUT2D eigenvalue weighted by Crippen LogP contribution is -2.45. The van der Waals surface area contributed by atoms with E-state index in [1.54, 1.807) is 18.0 Å². The number of likely N-dealkylation sites (N-methyl/N-ethyl adjacent to an activating group) is 1. The molecule has 1 aromatic carbocycles. The predicted molar refractivity (Wildman–Crippen MR) is 95.9 cm³/mol. The number of anilines is 3. The highest BCUT2D eigenvalue weighted by Crippen LogP contribution is 2.31. The number of amides is 1. The highest BCUT2D eigenvalue weighted by Gasteiger charge is 2.33. The number of halogens is 2. The van der Waals surface area contributed by atoms with Crippen molar-refractivity contribution in [2.45, 2.75) is 38.0 Å². The second kappa shape index (κ2) is 6.64. The van der Waals surface area contributed by atoms with Gasteiger partial charge in [-0.2, -0.15) is 4.98 Å². The van der Waals surface area contributed by atoms with E-state index in [9.17, 15) is 13.6 Å². The maximum atomic E-state index is 13.2. The number of ether oxygens (including phenoxy) is 1. The number of nitrogens with zero attached hydrogens (tertiary/aromatic N) is 3. The monoisotopic (exact) mass is 375 g/mol. The van der Waals surface area contributed by atoms with Crippen LogP contribution in [-0.4, -0.2) is 41.1 Å². The van der Waals surface area contributed by atoms with Crippen LogP contribution in [0.3, 0.4) is 0 Å². The third-order valence-electron chi connectivity index (χ3n) is 4.94. The third kappa shape index (κ3) is 3.36. The number of rotatable bonds is 4. The van der Waals surface area contributed by atoms with Crippen LogP contribution < -0.4 is 20.3 Å². The Bertz CT molecular complexity index is 888. The Hall–Kier alpha value is -2.97. The van der Waals surface area contributed by atoms with E-state index in [1.165, 1.54) is 6.07 Å². The van der Waals surface area contributed by atoms with Gasteiger partial charge in [-0.3, -0.25) is 4.79 Å². The zero-order valence-electron chi connectivity index (χ0n) is 14.9. The maximum absolute atomic E-state index is 13.2. The molecule has 1 atom stereocenters. The van der Waals surface area contributed by atoms with Crippen LogP contribution in [0.1, 0.15) is 19.8 Å². The SMILES string of the molecule is C[C@H]1C(=O)Nc2cnc(N[C@H]3C[C@H](Oc4ccc(F)c(F)c4)C3)nc2N1C. The molecule has 0 bridgehead atoms. The topological polar surface area (TPSA) is 79.4 Å². The second-order valence-electron chi connectivity index (χ2n) is 6.84. The summed E-state index contributed by atoms with van der Waals surface area (Å²) in [4.78, 5) is 22.4. The molecule has 1 aliphatic heterocycles. The number of carbonyl (C=O) groups is 1. The Morgan fingerprint density at radius 1 is 1.30 bits per heavy atom. The molecule has 1 aromatic heterocycles. The van der Waals surface area contributed by atoms with E-state index < -0.39 is 11.6 Å². The van der Waals surface area contributed by atoms with Gasteiger partial charge < -0.3 is 20.3 Å². The van der Waals surface area contributed by atoms with Crippen molar-refractivity contribution in [2.75, 3.05) is 22.6 Å². The molecule has 0 saturated heterocycles. The lowest BCUT2D eigenvalue weighted by atomic mass is 9.89. The normalized spacial score (nSPS) is 23.9. The molecule has 142 valence electrons. The van der Waals surface area contributed by atoms with Crippen LogP contribution in [0, 0.1) is 11.6 Å². The molecular formula is C18H19F2N5O2. The largest absolute Gasteiger partial charge is 0.490 e. The number of aromatic nitrogens is 2. The first-order valence-corrected chi connectivity index (χ1v) is 8.69. The van der Waals surface area contributed by atoms with Crippen molar-refractivity contribution in [1.82, 2.24) is 9.97 Å². The van der Waals surface area contributed by atoms with E-state index in [0.29, 0.717) is 36.0 Å². The highest BCUT2D eigenvalue weighted by molar-refractivity contribution is 6.02. The van der Waals surface area contributed by atoms with E-state index in [2.05, 4.69) is 20.6 Å². The van der Waals surface area contributed by atoms with Gasteiger partial charge in [-0.1, -0.05) is 0 Å².